The van der Waals surface area contributed by atoms with Crippen LogP contribution in [0.4, 0.5) is 5.69 Å². The maximum Gasteiger partial charge on any atom is 0.326 e. The zero-order valence-electron chi connectivity index (χ0n) is 14.8. The van der Waals surface area contributed by atoms with Gasteiger partial charge < -0.3 is 15.2 Å². The van der Waals surface area contributed by atoms with Crippen molar-refractivity contribution in [1.29, 1.82) is 0 Å². The number of H-pyrrole nitrogens is 1. The maximum atomic E-state index is 12.3. The first kappa shape index (κ1) is 17.1. The van der Waals surface area contributed by atoms with Gasteiger partial charge in [-0.1, -0.05) is 12.1 Å². The van der Waals surface area contributed by atoms with E-state index in [9.17, 15) is 14.4 Å². The maximum absolute atomic E-state index is 12.3. The highest BCUT2D eigenvalue weighted by molar-refractivity contribution is 5.97. The number of carbonyl (C=O) groups excluding carboxylic acids is 2. The molecule has 2 heterocycles. The summed E-state index contributed by atoms with van der Waals surface area (Å²) in [5, 5.41) is 2.83. The lowest BCUT2D eigenvalue weighted by atomic mass is 10.2. The summed E-state index contributed by atoms with van der Waals surface area (Å²) in [5.74, 6) is -0.0847. The van der Waals surface area contributed by atoms with Crippen LogP contribution in [0.25, 0.3) is 11.0 Å². The molecule has 4 rings (SSSR count). The molecular weight excluding hydrogens is 344 g/mol. The molecule has 27 heavy (non-hydrogen) atoms. The Morgan fingerprint density at radius 2 is 1.85 bits per heavy atom. The highest BCUT2D eigenvalue weighted by atomic mass is 16.2. The molecular formula is C20H20N4O3. The highest BCUT2D eigenvalue weighted by Crippen LogP contribution is 2.21. The van der Waals surface area contributed by atoms with E-state index in [1.165, 1.54) is 0 Å². The summed E-state index contributed by atoms with van der Waals surface area (Å²) in [6.07, 6.45) is 1.45. The summed E-state index contributed by atoms with van der Waals surface area (Å²) >= 11 is 0. The number of rotatable bonds is 5. The summed E-state index contributed by atoms with van der Waals surface area (Å²) in [6, 6.07) is 14.5. The molecule has 0 atom stereocenters. The van der Waals surface area contributed by atoms with Crippen LogP contribution in [0.15, 0.2) is 53.3 Å². The topological polar surface area (TPSA) is 87.2 Å². The van der Waals surface area contributed by atoms with Crippen LogP contribution in [0.3, 0.4) is 0 Å². The lowest BCUT2D eigenvalue weighted by molar-refractivity contribution is -0.117. The van der Waals surface area contributed by atoms with E-state index in [2.05, 4.69) is 10.3 Å². The Morgan fingerprint density at radius 3 is 2.59 bits per heavy atom. The molecule has 2 amide bonds. The van der Waals surface area contributed by atoms with Crippen molar-refractivity contribution >= 4 is 28.5 Å². The molecule has 0 bridgehead atoms. The van der Waals surface area contributed by atoms with E-state index in [0.29, 0.717) is 25.1 Å². The second-order valence-electron chi connectivity index (χ2n) is 6.55. The molecule has 1 fully saturated rings. The monoisotopic (exact) mass is 364 g/mol. The predicted molar refractivity (Wildman–Crippen MR) is 103 cm³/mol. The van der Waals surface area contributed by atoms with E-state index < -0.39 is 0 Å². The predicted octanol–water partition coefficient (Wildman–Crippen LogP) is 1.89. The molecule has 2 aromatic carbocycles. The molecule has 0 saturated carbocycles. The van der Waals surface area contributed by atoms with Crippen molar-refractivity contribution in [3.8, 4) is 0 Å². The Hall–Kier alpha value is -3.35. The SMILES string of the molecule is O=C(NCCn1c(=O)[nH]c2ccccc21)c1ccc(N2CCCC2=O)cc1. The van der Waals surface area contributed by atoms with Crippen molar-refractivity contribution in [2.45, 2.75) is 19.4 Å². The molecule has 138 valence electrons. The van der Waals surface area contributed by atoms with Crippen molar-refractivity contribution in [3.05, 3.63) is 64.6 Å². The average molecular weight is 364 g/mol. The normalized spacial score (nSPS) is 14.1. The number of aromatic nitrogens is 2. The van der Waals surface area contributed by atoms with Crippen LogP contribution in [0.1, 0.15) is 23.2 Å². The number of aromatic amines is 1. The number of hydrogen-bond donors (Lipinski definition) is 2. The number of para-hydroxylation sites is 2. The van der Waals surface area contributed by atoms with E-state index >= 15 is 0 Å². The first-order chi connectivity index (χ1) is 13.1. The van der Waals surface area contributed by atoms with Crippen LogP contribution in [0.2, 0.25) is 0 Å². The van der Waals surface area contributed by atoms with Gasteiger partial charge in [-0.25, -0.2) is 4.79 Å². The Labute approximate surface area is 155 Å². The third kappa shape index (κ3) is 3.36. The largest absolute Gasteiger partial charge is 0.350 e. The molecule has 7 nitrogen and oxygen atoms in total. The van der Waals surface area contributed by atoms with Gasteiger partial charge in [0.15, 0.2) is 0 Å². The molecule has 0 spiro atoms. The summed E-state index contributed by atoms with van der Waals surface area (Å²) < 4.78 is 1.61. The van der Waals surface area contributed by atoms with E-state index in [-0.39, 0.29) is 17.5 Å². The summed E-state index contributed by atoms with van der Waals surface area (Å²) in [6.45, 7) is 1.45. The van der Waals surface area contributed by atoms with Crippen molar-refractivity contribution in [1.82, 2.24) is 14.9 Å². The van der Waals surface area contributed by atoms with Crippen LogP contribution in [-0.4, -0.2) is 34.5 Å². The molecule has 0 radical (unpaired) electrons. The molecule has 3 aromatic rings. The van der Waals surface area contributed by atoms with E-state index in [1.54, 1.807) is 33.7 Å². The Balaban J connectivity index is 1.38. The minimum atomic E-state index is -0.206. The van der Waals surface area contributed by atoms with Gasteiger partial charge in [-0.2, -0.15) is 0 Å². The lowest BCUT2D eigenvalue weighted by Crippen LogP contribution is -2.30. The lowest BCUT2D eigenvalue weighted by Gasteiger charge is -2.15. The summed E-state index contributed by atoms with van der Waals surface area (Å²) in [7, 11) is 0. The van der Waals surface area contributed by atoms with Gasteiger partial charge in [-0.3, -0.25) is 14.2 Å². The number of benzene rings is 2. The number of fused-ring (bicyclic) bond motifs is 1. The number of amides is 2. The van der Waals surface area contributed by atoms with Gasteiger partial charge in [-0.15, -0.1) is 0 Å². The average Bonchev–Trinajstić information content (AvgIpc) is 3.25. The number of carbonyl (C=O) groups is 2. The minimum absolute atomic E-state index is 0.122. The third-order valence-electron chi connectivity index (χ3n) is 4.82. The zero-order valence-corrected chi connectivity index (χ0v) is 14.8. The fourth-order valence-electron chi connectivity index (χ4n) is 3.43. The zero-order chi connectivity index (χ0) is 18.8. The minimum Gasteiger partial charge on any atom is -0.350 e. The van der Waals surface area contributed by atoms with Crippen molar-refractivity contribution in [2.24, 2.45) is 0 Å². The van der Waals surface area contributed by atoms with Gasteiger partial charge in [0, 0.05) is 37.3 Å². The first-order valence-electron chi connectivity index (χ1n) is 9.00. The Kier molecular flexibility index (Phi) is 4.50. The molecule has 1 aliphatic heterocycles. The number of nitrogens with zero attached hydrogens (tertiary/aromatic N) is 2. The number of hydrogen-bond acceptors (Lipinski definition) is 3. The van der Waals surface area contributed by atoms with Gasteiger partial charge in [0.25, 0.3) is 5.91 Å². The van der Waals surface area contributed by atoms with Crippen LogP contribution in [-0.2, 0) is 11.3 Å². The van der Waals surface area contributed by atoms with Gasteiger partial charge in [0.05, 0.1) is 11.0 Å². The number of anilines is 1. The van der Waals surface area contributed by atoms with E-state index in [0.717, 1.165) is 29.7 Å². The van der Waals surface area contributed by atoms with Gasteiger partial charge in [0.1, 0.15) is 0 Å². The quantitative estimate of drug-likeness (QED) is 0.725. The first-order valence-corrected chi connectivity index (χ1v) is 9.00. The molecule has 7 heteroatoms. The summed E-state index contributed by atoms with van der Waals surface area (Å²) in [4.78, 5) is 40.7. The number of nitrogens with one attached hydrogen (secondary N) is 2. The van der Waals surface area contributed by atoms with Crippen molar-refractivity contribution < 1.29 is 9.59 Å². The molecule has 1 saturated heterocycles. The van der Waals surface area contributed by atoms with Crippen molar-refractivity contribution in [2.75, 3.05) is 18.0 Å². The Bertz CT molecular complexity index is 1050. The van der Waals surface area contributed by atoms with Crippen LogP contribution in [0, 0.1) is 0 Å². The van der Waals surface area contributed by atoms with Crippen LogP contribution < -0.4 is 15.9 Å². The Morgan fingerprint density at radius 1 is 1.07 bits per heavy atom. The van der Waals surface area contributed by atoms with Crippen molar-refractivity contribution in [3.63, 3.8) is 0 Å². The van der Waals surface area contributed by atoms with Crippen LogP contribution in [0.5, 0.6) is 0 Å². The summed E-state index contributed by atoms with van der Waals surface area (Å²) in [5.41, 5.74) is 2.75. The van der Waals surface area contributed by atoms with E-state index in [1.807, 2.05) is 24.3 Å². The molecule has 1 aliphatic rings. The molecule has 0 unspecified atom stereocenters. The fraction of sp³-hybridized carbons (Fsp3) is 0.250. The molecule has 1 aromatic heterocycles. The van der Waals surface area contributed by atoms with Gasteiger partial charge in [0.2, 0.25) is 5.91 Å². The smallest absolute Gasteiger partial charge is 0.326 e. The fourth-order valence-corrected chi connectivity index (χ4v) is 3.43. The third-order valence-corrected chi connectivity index (χ3v) is 4.82. The second kappa shape index (κ2) is 7.11. The van der Waals surface area contributed by atoms with E-state index in [4.69, 9.17) is 0 Å². The molecule has 2 N–H and O–H groups in total. The van der Waals surface area contributed by atoms with Gasteiger partial charge >= 0.3 is 5.69 Å². The standard InChI is InChI=1S/C20H20N4O3/c25-18-6-3-12-23(18)15-9-7-14(8-10-15)19(26)21-11-13-24-17-5-2-1-4-16(17)22-20(24)27/h1-2,4-5,7-10H,3,6,11-13H2,(H,21,26)(H,22,27). The second-order valence-corrected chi connectivity index (χ2v) is 6.55. The van der Waals surface area contributed by atoms with Gasteiger partial charge in [-0.05, 0) is 42.8 Å². The molecule has 0 aliphatic carbocycles. The van der Waals surface area contributed by atoms with Crippen LogP contribution >= 0.6 is 0 Å². The number of imidazole rings is 1. The highest BCUT2D eigenvalue weighted by Gasteiger charge is 2.21.